The first-order valence-corrected chi connectivity index (χ1v) is 8.30. The van der Waals surface area contributed by atoms with E-state index in [-0.39, 0.29) is 0 Å². The summed E-state index contributed by atoms with van der Waals surface area (Å²) in [5.41, 5.74) is 0. The molecule has 1 aliphatic rings. The van der Waals surface area contributed by atoms with Crippen LogP contribution in [-0.2, 0) is 6.54 Å². The van der Waals surface area contributed by atoms with Gasteiger partial charge in [-0.15, -0.1) is 0 Å². The summed E-state index contributed by atoms with van der Waals surface area (Å²) in [5.74, 6) is 1.84. The van der Waals surface area contributed by atoms with Gasteiger partial charge < -0.3 is 10.6 Å². The minimum absolute atomic E-state index is 0.920. The molecule has 1 aromatic rings. The zero-order valence-electron chi connectivity index (χ0n) is 13.2. The fourth-order valence-corrected chi connectivity index (χ4v) is 2.97. The summed E-state index contributed by atoms with van der Waals surface area (Å²) in [6.45, 7) is 2.89. The predicted octanol–water partition coefficient (Wildman–Crippen LogP) is 2.41. The SMILES string of the molecule is CN=C(NCCCn1cccn1)NCCC1CCCCC1. The summed E-state index contributed by atoms with van der Waals surface area (Å²) in [7, 11) is 1.84. The lowest BCUT2D eigenvalue weighted by Gasteiger charge is -2.22. The van der Waals surface area contributed by atoms with Crippen molar-refractivity contribution in [1.29, 1.82) is 0 Å². The molecule has 5 nitrogen and oxygen atoms in total. The summed E-state index contributed by atoms with van der Waals surface area (Å²) < 4.78 is 1.96. The van der Waals surface area contributed by atoms with Gasteiger partial charge >= 0.3 is 0 Å². The summed E-state index contributed by atoms with van der Waals surface area (Å²) in [4.78, 5) is 4.28. The maximum Gasteiger partial charge on any atom is 0.190 e. The average Bonchev–Trinajstić information content (AvgIpc) is 3.04. The zero-order chi connectivity index (χ0) is 14.8. The van der Waals surface area contributed by atoms with E-state index in [2.05, 4.69) is 20.7 Å². The van der Waals surface area contributed by atoms with E-state index in [1.54, 1.807) is 0 Å². The summed E-state index contributed by atoms with van der Waals surface area (Å²) >= 11 is 0. The number of aryl methyl sites for hydroxylation is 1. The lowest BCUT2D eigenvalue weighted by molar-refractivity contribution is 0.339. The van der Waals surface area contributed by atoms with Gasteiger partial charge in [0.1, 0.15) is 0 Å². The van der Waals surface area contributed by atoms with E-state index in [0.29, 0.717) is 0 Å². The molecule has 0 unspecified atom stereocenters. The van der Waals surface area contributed by atoms with Gasteiger partial charge in [0.2, 0.25) is 0 Å². The largest absolute Gasteiger partial charge is 0.356 e. The van der Waals surface area contributed by atoms with Crippen LogP contribution in [0.5, 0.6) is 0 Å². The molecular weight excluding hydrogens is 262 g/mol. The number of aliphatic imine (C=N–C) groups is 1. The molecule has 0 spiro atoms. The zero-order valence-corrected chi connectivity index (χ0v) is 13.2. The third-order valence-corrected chi connectivity index (χ3v) is 4.21. The van der Waals surface area contributed by atoms with Crippen LogP contribution in [0.1, 0.15) is 44.9 Å². The second kappa shape index (κ2) is 9.42. The molecule has 0 amide bonds. The van der Waals surface area contributed by atoms with Gasteiger partial charge in [-0.3, -0.25) is 9.67 Å². The van der Waals surface area contributed by atoms with Crippen molar-refractivity contribution in [3.8, 4) is 0 Å². The molecule has 0 radical (unpaired) electrons. The summed E-state index contributed by atoms with van der Waals surface area (Å²) in [5, 5.41) is 11.0. The van der Waals surface area contributed by atoms with E-state index in [9.17, 15) is 0 Å². The van der Waals surface area contributed by atoms with E-state index in [1.807, 2.05) is 30.2 Å². The van der Waals surface area contributed by atoms with Gasteiger partial charge in [0.05, 0.1) is 0 Å². The highest BCUT2D eigenvalue weighted by atomic mass is 15.3. The highest BCUT2D eigenvalue weighted by Crippen LogP contribution is 2.25. The molecule has 118 valence electrons. The van der Waals surface area contributed by atoms with Crippen LogP contribution in [0.3, 0.4) is 0 Å². The highest BCUT2D eigenvalue weighted by molar-refractivity contribution is 5.79. The van der Waals surface area contributed by atoms with Crippen molar-refractivity contribution >= 4 is 5.96 Å². The molecule has 1 heterocycles. The number of hydrogen-bond donors (Lipinski definition) is 2. The van der Waals surface area contributed by atoms with Gasteiger partial charge in [-0.25, -0.2) is 0 Å². The van der Waals surface area contributed by atoms with Crippen molar-refractivity contribution in [2.75, 3.05) is 20.1 Å². The van der Waals surface area contributed by atoms with Crippen LogP contribution in [0.4, 0.5) is 0 Å². The topological polar surface area (TPSA) is 54.2 Å². The molecule has 0 bridgehead atoms. The lowest BCUT2D eigenvalue weighted by Crippen LogP contribution is -2.39. The molecule has 0 aliphatic heterocycles. The van der Waals surface area contributed by atoms with Gasteiger partial charge in [-0.05, 0) is 24.8 Å². The van der Waals surface area contributed by atoms with E-state index in [0.717, 1.165) is 37.9 Å². The Labute approximate surface area is 128 Å². The maximum atomic E-state index is 4.28. The van der Waals surface area contributed by atoms with Crippen LogP contribution < -0.4 is 10.6 Å². The van der Waals surface area contributed by atoms with Crippen molar-refractivity contribution in [1.82, 2.24) is 20.4 Å². The molecule has 0 saturated heterocycles. The number of nitrogens with zero attached hydrogens (tertiary/aromatic N) is 3. The summed E-state index contributed by atoms with van der Waals surface area (Å²) in [6, 6.07) is 1.96. The Kier molecular flexibility index (Phi) is 7.12. The minimum atomic E-state index is 0.920. The Hall–Kier alpha value is -1.52. The molecule has 2 rings (SSSR count). The summed E-state index contributed by atoms with van der Waals surface area (Å²) in [6.07, 6.45) is 13.2. The van der Waals surface area contributed by atoms with E-state index in [1.165, 1.54) is 38.5 Å². The fraction of sp³-hybridized carbons (Fsp3) is 0.750. The Morgan fingerprint density at radius 2 is 2.05 bits per heavy atom. The fourth-order valence-electron chi connectivity index (χ4n) is 2.97. The van der Waals surface area contributed by atoms with Crippen molar-refractivity contribution in [3.05, 3.63) is 18.5 Å². The van der Waals surface area contributed by atoms with Crippen molar-refractivity contribution < 1.29 is 0 Å². The van der Waals surface area contributed by atoms with Crippen LogP contribution in [0, 0.1) is 5.92 Å². The molecule has 1 saturated carbocycles. The standard InChI is InChI=1S/C16H29N5/c1-17-16(18-10-5-13-21-14-6-11-20-21)19-12-9-15-7-3-2-4-8-15/h6,11,14-15H,2-5,7-10,12-13H2,1H3,(H2,17,18,19). The van der Waals surface area contributed by atoms with Gasteiger partial charge in [0.25, 0.3) is 0 Å². The van der Waals surface area contributed by atoms with Gasteiger partial charge in [-0.2, -0.15) is 5.10 Å². The normalized spacial score (nSPS) is 16.9. The van der Waals surface area contributed by atoms with Crippen molar-refractivity contribution in [2.24, 2.45) is 10.9 Å². The van der Waals surface area contributed by atoms with Crippen LogP contribution in [0.2, 0.25) is 0 Å². The minimum Gasteiger partial charge on any atom is -0.356 e. The Bertz CT molecular complexity index is 393. The third kappa shape index (κ3) is 6.19. The van der Waals surface area contributed by atoms with Crippen molar-refractivity contribution in [2.45, 2.75) is 51.5 Å². The molecule has 21 heavy (non-hydrogen) atoms. The molecule has 1 aromatic heterocycles. The third-order valence-electron chi connectivity index (χ3n) is 4.21. The number of guanidine groups is 1. The molecule has 2 N–H and O–H groups in total. The van der Waals surface area contributed by atoms with E-state index >= 15 is 0 Å². The first-order valence-electron chi connectivity index (χ1n) is 8.30. The van der Waals surface area contributed by atoms with Gasteiger partial charge in [-0.1, -0.05) is 32.1 Å². The second-order valence-corrected chi connectivity index (χ2v) is 5.84. The number of rotatable bonds is 7. The maximum absolute atomic E-state index is 4.28. The Morgan fingerprint density at radius 3 is 2.76 bits per heavy atom. The van der Waals surface area contributed by atoms with Crippen LogP contribution >= 0.6 is 0 Å². The number of hydrogen-bond acceptors (Lipinski definition) is 2. The first kappa shape index (κ1) is 15.9. The van der Waals surface area contributed by atoms with Crippen molar-refractivity contribution in [3.63, 3.8) is 0 Å². The molecule has 1 fully saturated rings. The van der Waals surface area contributed by atoms with Gasteiger partial charge in [0, 0.05) is 39.1 Å². The molecule has 5 heteroatoms. The smallest absolute Gasteiger partial charge is 0.190 e. The first-order chi connectivity index (χ1) is 10.4. The molecule has 0 atom stereocenters. The Balaban J connectivity index is 1.53. The van der Waals surface area contributed by atoms with E-state index in [4.69, 9.17) is 0 Å². The predicted molar refractivity (Wildman–Crippen MR) is 87.4 cm³/mol. The van der Waals surface area contributed by atoms with Gasteiger partial charge in [0.15, 0.2) is 5.96 Å². The lowest BCUT2D eigenvalue weighted by atomic mass is 9.87. The quantitative estimate of drug-likeness (QED) is 0.461. The highest BCUT2D eigenvalue weighted by Gasteiger charge is 2.12. The van der Waals surface area contributed by atoms with Crippen LogP contribution in [-0.4, -0.2) is 35.9 Å². The monoisotopic (exact) mass is 291 g/mol. The number of nitrogens with one attached hydrogen (secondary N) is 2. The molecule has 0 aromatic carbocycles. The van der Waals surface area contributed by atoms with Crippen LogP contribution in [0.15, 0.2) is 23.5 Å². The molecule has 1 aliphatic carbocycles. The van der Waals surface area contributed by atoms with E-state index < -0.39 is 0 Å². The second-order valence-electron chi connectivity index (χ2n) is 5.84. The van der Waals surface area contributed by atoms with Crippen LogP contribution in [0.25, 0.3) is 0 Å². The molecular formula is C16H29N5. The number of aromatic nitrogens is 2. The average molecular weight is 291 g/mol. The Morgan fingerprint density at radius 1 is 1.24 bits per heavy atom.